The van der Waals surface area contributed by atoms with Gasteiger partial charge in [-0.1, -0.05) is 30.7 Å². The molecular weight excluding hydrogens is 501 g/mol. The number of rotatable bonds is 9. The average Bonchev–Trinajstić information content (AvgIpc) is 2.66. The number of unbranched alkanes of at least 4 members (excludes halogenated alkanes) is 1. The lowest BCUT2D eigenvalue weighted by molar-refractivity contribution is -0.137. The van der Waals surface area contributed by atoms with E-state index in [1.54, 1.807) is 6.08 Å². The lowest BCUT2D eigenvalue weighted by atomic mass is 9.62. The van der Waals surface area contributed by atoms with Crippen LogP contribution >= 0.6 is 22.6 Å². The van der Waals surface area contributed by atoms with Crippen molar-refractivity contribution < 1.29 is 18.3 Å². The Hall–Kier alpha value is -1.19. The summed E-state index contributed by atoms with van der Waals surface area (Å²) in [6, 6.07) is 7.69. The third-order valence-electron chi connectivity index (χ3n) is 5.92. The summed E-state index contributed by atoms with van der Waals surface area (Å²) in [7, 11) is -3.50. The van der Waals surface area contributed by atoms with Crippen molar-refractivity contribution in [3.63, 3.8) is 0 Å². The summed E-state index contributed by atoms with van der Waals surface area (Å²) in [4.78, 5) is 10.6. The average molecular weight is 529 g/mol. The first-order valence-electron chi connectivity index (χ1n) is 10.2. The van der Waals surface area contributed by atoms with Crippen LogP contribution in [0.2, 0.25) is 0 Å². The van der Waals surface area contributed by atoms with Crippen LogP contribution in [0.1, 0.15) is 50.5 Å². The summed E-state index contributed by atoms with van der Waals surface area (Å²) >= 11 is 2.21. The molecule has 0 heterocycles. The number of carbonyl (C=O) groups is 1. The highest BCUT2D eigenvalue weighted by Crippen LogP contribution is 2.46. The third kappa shape index (κ3) is 6.93. The Morgan fingerprint density at radius 1 is 1.28 bits per heavy atom. The van der Waals surface area contributed by atoms with Gasteiger partial charge in [-0.3, -0.25) is 4.79 Å². The van der Waals surface area contributed by atoms with Gasteiger partial charge >= 0.3 is 5.97 Å². The highest BCUT2D eigenvalue weighted by molar-refractivity contribution is 14.1. The van der Waals surface area contributed by atoms with Crippen LogP contribution in [0, 0.1) is 21.3 Å². The number of benzene rings is 1. The second-order valence-electron chi connectivity index (χ2n) is 8.08. The highest BCUT2D eigenvalue weighted by atomic mass is 127. The second kappa shape index (κ2) is 10.2. The molecule has 2 N–H and O–H groups in total. The summed E-state index contributed by atoms with van der Waals surface area (Å²) in [5, 5.41) is 10.0. The number of hydrogen-bond donors (Lipinski definition) is 2. The molecule has 3 aliphatic rings. The van der Waals surface area contributed by atoms with Gasteiger partial charge in [-0.2, -0.15) is 0 Å². The van der Waals surface area contributed by atoms with Gasteiger partial charge in [-0.15, -0.1) is 0 Å². The van der Waals surface area contributed by atoms with Crippen LogP contribution in [0.25, 0.3) is 6.08 Å². The second-order valence-corrected chi connectivity index (χ2v) is 10.9. The van der Waals surface area contributed by atoms with Gasteiger partial charge in [-0.25, -0.2) is 13.1 Å². The van der Waals surface area contributed by atoms with E-state index in [0.29, 0.717) is 24.2 Å². The number of halogens is 1. The fraction of sp³-hybridized carbons (Fsp3) is 0.500. The predicted molar refractivity (Wildman–Crippen MR) is 124 cm³/mol. The maximum atomic E-state index is 12.6. The van der Waals surface area contributed by atoms with Crippen LogP contribution in [-0.2, 0) is 14.8 Å². The van der Waals surface area contributed by atoms with Crippen LogP contribution in [0.15, 0.2) is 41.8 Å². The van der Waals surface area contributed by atoms with Crippen molar-refractivity contribution in [3.05, 3.63) is 51.0 Å². The molecule has 5 nitrogen and oxygen atoms in total. The number of nitrogens with one attached hydrogen (secondary N) is 1. The van der Waals surface area contributed by atoms with Crippen LogP contribution in [0.4, 0.5) is 0 Å². The molecule has 4 atom stereocenters. The van der Waals surface area contributed by atoms with Gasteiger partial charge in [0.15, 0.2) is 0 Å². The van der Waals surface area contributed by atoms with E-state index in [1.165, 1.54) is 11.8 Å². The largest absolute Gasteiger partial charge is 0.481 e. The van der Waals surface area contributed by atoms with Gasteiger partial charge in [-0.05, 0) is 96.2 Å². The molecule has 4 rings (SSSR count). The molecule has 0 amide bonds. The molecule has 29 heavy (non-hydrogen) atoms. The zero-order valence-electron chi connectivity index (χ0n) is 16.3. The van der Waals surface area contributed by atoms with Gasteiger partial charge in [0.25, 0.3) is 0 Å². The number of allylic oxidation sites excluding steroid dienone is 2. The molecule has 7 heteroatoms. The summed E-state index contributed by atoms with van der Waals surface area (Å²) in [6.45, 7) is 0. The number of hydrogen-bond acceptors (Lipinski definition) is 3. The normalized spacial score (nSPS) is 27.1. The summed E-state index contributed by atoms with van der Waals surface area (Å²) in [5.41, 5.74) is 0.870. The van der Waals surface area contributed by atoms with Gasteiger partial charge in [0, 0.05) is 21.4 Å². The molecule has 0 aromatic heterocycles. The molecule has 0 radical (unpaired) electrons. The van der Waals surface area contributed by atoms with E-state index in [0.717, 1.165) is 34.8 Å². The Morgan fingerprint density at radius 2 is 2.10 bits per heavy atom. The van der Waals surface area contributed by atoms with Crippen molar-refractivity contribution in [3.8, 4) is 0 Å². The van der Waals surface area contributed by atoms with Crippen molar-refractivity contribution in [1.82, 2.24) is 4.72 Å². The first-order chi connectivity index (χ1) is 13.8. The standard InChI is InChI=1S/C22H28INO4S/c23-19-7-4-5-16(14-19)11-12-29(27,28)24-21-15-17-9-10-20(21)18(13-17)6-2-1-3-8-22(25)26/h2,4-7,11-12,14,17-18,20-21,24H,1,3,8-10,13,15H2,(H,25,26). The van der Waals surface area contributed by atoms with Crippen LogP contribution < -0.4 is 4.72 Å². The minimum absolute atomic E-state index is 0.0262. The zero-order valence-corrected chi connectivity index (χ0v) is 19.3. The van der Waals surface area contributed by atoms with Crippen molar-refractivity contribution in [1.29, 1.82) is 0 Å². The Balaban J connectivity index is 1.59. The molecule has 3 aliphatic carbocycles. The molecule has 1 aromatic rings. The smallest absolute Gasteiger partial charge is 0.303 e. The third-order valence-corrected chi connectivity index (χ3v) is 7.71. The van der Waals surface area contributed by atoms with E-state index >= 15 is 0 Å². The topological polar surface area (TPSA) is 83.5 Å². The van der Waals surface area contributed by atoms with E-state index in [9.17, 15) is 13.2 Å². The van der Waals surface area contributed by atoms with Crippen molar-refractivity contribution in [2.75, 3.05) is 0 Å². The summed E-state index contributed by atoms with van der Waals surface area (Å²) in [5.74, 6) is 0.486. The van der Waals surface area contributed by atoms with Crippen molar-refractivity contribution >= 4 is 44.7 Å². The molecule has 3 saturated carbocycles. The zero-order chi connectivity index (χ0) is 20.9. The van der Waals surface area contributed by atoms with E-state index in [1.807, 2.05) is 24.3 Å². The molecule has 0 aliphatic heterocycles. The van der Waals surface area contributed by atoms with Gasteiger partial charge < -0.3 is 5.11 Å². The molecule has 4 unspecified atom stereocenters. The molecule has 1 aromatic carbocycles. The molecule has 2 bridgehead atoms. The summed E-state index contributed by atoms with van der Waals surface area (Å²) in [6.07, 6.45) is 11.7. The highest BCUT2D eigenvalue weighted by Gasteiger charge is 2.42. The lowest BCUT2D eigenvalue weighted by Crippen LogP contribution is -2.49. The molecule has 0 saturated heterocycles. The van der Waals surface area contributed by atoms with Crippen molar-refractivity contribution in [2.24, 2.45) is 17.8 Å². The minimum atomic E-state index is -3.50. The number of carboxylic acid groups (broad SMARTS) is 1. The molecule has 158 valence electrons. The fourth-order valence-corrected chi connectivity index (χ4v) is 6.27. The van der Waals surface area contributed by atoms with Gasteiger partial charge in [0.2, 0.25) is 10.0 Å². The molecular formula is C22H28INO4S. The van der Waals surface area contributed by atoms with Gasteiger partial charge in [0.05, 0.1) is 0 Å². The Morgan fingerprint density at radius 3 is 2.83 bits per heavy atom. The predicted octanol–water partition coefficient (Wildman–Crippen LogP) is 4.80. The van der Waals surface area contributed by atoms with E-state index in [-0.39, 0.29) is 12.5 Å². The Bertz CT molecular complexity index is 881. The number of aliphatic carboxylic acids is 1. The monoisotopic (exact) mass is 529 g/mol. The van der Waals surface area contributed by atoms with Gasteiger partial charge in [0.1, 0.15) is 0 Å². The maximum absolute atomic E-state index is 12.6. The van der Waals surface area contributed by atoms with E-state index < -0.39 is 16.0 Å². The van der Waals surface area contributed by atoms with E-state index in [4.69, 9.17) is 5.11 Å². The van der Waals surface area contributed by atoms with Crippen molar-refractivity contribution in [2.45, 2.75) is 51.0 Å². The SMILES string of the molecule is O=C(O)CCCC=CC1CC2CCC1C(NS(=O)(=O)C=Cc1cccc(I)c1)C2. The lowest BCUT2D eigenvalue weighted by Gasteiger charge is -2.46. The van der Waals surface area contributed by atoms with Crippen LogP contribution in [-0.4, -0.2) is 25.5 Å². The molecule has 0 spiro atoms. The first-order valence-corrected chi connectivity index (χ1v) is 12.8. The van der Waals surface area contributed by atoms with Crippen LogP contribution in [0.3, 0.4) is 0 Å². The fourth-order valence-electron chi connectivity index (χ4n) is 4.59. The summed E-state index contributed by atoms with van der Waals surface area (Å²) < 4.78 is 29.3. The molecule has 3 fully saturated rings. The quantitative estimate of drug-likeness (QED) is 0.274. The number of sulfonamides is 1. The van der Waals surface area contributed by atoms with E-state index in [2.05, 4.69) is 39.5 Å². The Kier molecular flexibility index (Phi) is 7.92. The minimum Gasteiger partial charge on any atom is -0.481 e. The maximum Gasteiger partial charge on any atom is 0.303 e. The number of fused-ring (bicyclic) bond motifs is 3. The number of carboxylic acids is 1. The Labute approximate surface area is 186 Å². The first kappa shape index (κ1) is 22.5. The van der Waals surface area contributed by atoms with Crippen LogP contribution in [0.5, 0.6) is 0 Å².